The summed E-state index contributed by atoms with van der Waals surface area (Å²) in [6, 6.07) is 12.2. The summed E-state index contributed by atoms with van der Waals surface area (Å²) in [5, 5.41) is 2.73. The second-order valence-corrected chi connectivity index (χ2v) is 5.65. The van der Waals surface area contributed by atoms with Gasteiger partial charge in [0.15, 0.2) is 17.6 Å². The highest BCUT2D eigenvalue weighted by Gasteiger charge is 2.23. The fraction of sp³-hybridized carbons (Fsp3) is 0.300. The number of ether oxygens (including phenoxy) is 4. The third-order valence-electron chi connectivity index (χ3n) is 3.90. The third kappa shape index (κ3) is 5.13. The number of amides is 1. The molecule has 144 valence electrons. The van der Waals surface area contributed by atoms with E-state index < -0.39 is 18.0 Å². The van der Waals surface area contributed by atoms with E-state index in [1.165, 1.54) is 21.1 Å². The summed E-state index contributed by atoms with van der Waals surface area (Å²) in [4.78, 5) is 24.6. The van der Waals surface area contributed by atoms with Crippen molar-refractivity contribution < 1.29 is 28.5 Å². The van der Waals surface area contributed by atoms with Gasteiger partial charge in [0.05, 0.1) is 21.3 Å². The molecule has 0 radical (unpaired) electrons. The van der Waals surface area contributed by atoms with Crippen LogP contribution in [0.4, 0.5) is 0 Å². The lowest BCUT2D eigenvalue weighted by Gasteiger charge is -2.16. The van der Waals surface area contributed by atoms with Gasteiger partial charge in [-0.25, -0.2) is 4.79 Å². The summed E-state index contributed by atoms with van der Waals surface area (Å²) < 4.78 is 20.7. The van der Waals surface area contributed by atoms with Crippen LogP contribution in [0.1, 0.15) is 22.8 Å². The molecule has 0 unspecified atom stereocenters. The summed E-state index contributed by atoms with van der Waals surface area (Å²) in [5.41, 5.74) is 1.09. The lowest BCUT2D eigenvalue weighted by Crippen LogP contribution is -2.35. The SMILES string of the molecule is COc1ccc(CNC(=O)[C@@H](C)OC(=O)c2cccc(OC)c2OC)cc1. The zero-order valence-electron chi connectivity index (χ0n) is 15.8. The zero-order chi connectivity index (χ0) is 19.8. The highest BCUT2D eigenvalue weighted by molar-refractivity contribution is 5.95. The lowest BCUT2D eigenvalue weighted by molar-refractivity contribution is -0.129. The molecule has 7 heteroatoms. The van der Waals surface area contributed by atoms with Crippen molar-refractivity contribution in [2.24, 2.45) is 0 Å². The molecule has 0 saturated carbocycles. The van der Waals surface area contributed by atoms with Gasteiger partial charge in [-0.15, -0.1) is 0 Å². The number of para-hydroxylation sites is 1. The number of carbonyl (C=O) groups excluding carboxylic acids is 2. The summed E-state index contributed by atoms with van der Waals surface area (Å²) in [7, 11) is 4.49. The zero-order valence-corrected chi connectivity index (χ0v) is 15.8. The maximum atomic E-state index is 12.4. The molecule has 1 atom stereocenters. The van der Waals surface area contributed by atoms with Gasteiger partial charge in [-0.05, 0) is 36.8 Å². The molecule has 0 aliphatic rings. The van der Waals surface area contributed by atoms with E-state index in [0.29, 0.717) is 12.3 Å². The molecule has 0 fully saturated rings. The van der Waals surface area contributed by atoms with Gasteiger partial charge in [-0.2, -0.15) is 0 Å². The van der Waals surface area contributed by atoms with Crippen molar-refractivity contribution in [1.82, 2.24) is 5.32 Å². The Hall–Kier alpha value is -3.22. The number of nitrogens with one attached hydrogen (secondary N) is 1. The van der Waals surface area contributed by atoms with Gasteiger partial charge in [0.1, 0.15) is 11.3 Å². The van der Waals surface area contributed by atoms with Crippen molar-refractivity contribution in [3.05, 3.63) is 53.6 Å². The number of hydrogen-bond donors (Lipinski definition) is 1. The first-order chi connectivity index (χ1) is 13.0. The van der Waals surface area contributed by atoms with Crippen molar-refractivity contribution in [1.29, 1.82) is 0 Å². The Balaban J connectivity index is 1.96. The lowest BCUT2D eigenvalue weighted by atomic mass is 10.2. The molecule has 0 aliphatic heterocycles. The molecule has 7 nitrogen and oxygen atoms in total. The molecule has 0 aliphatic carbocycles. The Labute approximate surface area is 158 Å². The Morgan fingerprint density at radius 1 is 0.963 bits per heavy atom. The van der Waals surface area contributed by atoms with Gasteiger partial charge < -0.3 is 24.3 Å². The van der Waals surface area contributed by atoms with Crippen LogP contribution in [0.3, 0.4) is 0 Å². The van der Waals surface area contributed by atoms with Crippen LogP contribution < -0.4 is 19.5 Å². The molecule has 0 spiro atoms. The summed E-state index contributed by atoms with van der Waals surface area (Å²) in [6.45, 7) is 1.82. The number of esters is 1. The molecule has 0 saturated heterocycles. The van der Waals surface area contributed by atoms with Crippen LogP contribution in [-0.4, -0.2) is 39.3 Å². The molecule has 1 N–H and O–H groups in total. The van der Waals surface area contributed by atoms with Crippen LogP contribution in [0.5, 0.6) is 17.2 Å². The summed E-state index contributed by atoms with van der Waals surface area (Å²) >= 11 is 0. The first-order valence-corrected chi connectivity index (χ1v) is 8.32. The van der Waals surface area contributed by atoms with E-state index in [1.807, 2.05) is 12.1 Å². The monoisotopic (exact) mass is 373 g/mol. The smallest absolute Gasteiger partial charge is 0.342 e. The standard InChI is InChI=1S/C20H23NO6/c1-13(19(22)21-12-14-8-10-15(24-2)11-9-14)27-20(23)16-6-5-7-17(25-3)18(16)26-4/h5-11,13H,12H2,1-4H3,(H,21,22)/t13-/m1/s1. The highest BCUT2D eigenvalue weighted by atomic mass is 16.6. The third-order valence-corrected chi connectivity index (χ3v) is 3.90. The normalized spacial score (nSPS) is 11.3. The Morgan fingerprint density at radius 3 is 2.26 bits per heavy atom. The van der Waals surface area contributed by atoms with Crippen molar-refractivity contribution in [3.8, 4) is 17.2 Å². The van der Waals surface area contributed by atoms with Gasteiger partial charge >= 0.3 is 5.97 Å². The van der Waals surface area contributed by atoms with Crippen LogP contribution >= 0.6 is 0 Å². The van der Waals surface area contributed by atoms with Crippen molar-refractivity contribution in [3.63, 3.8) is 0 Å². The minimum Gasteiger partial charge on any atom is -0.497 e. The quantitative estimate of drug-likeness (QED) is 0.716. The van der Waals surface area contributed by atoms with Crippen LogP contribution in [0.2, 0.25) is 0 Å². The van der Waals surface area contributed by atoms with E-state index in [2.05, 4.69) is 5.32 Å². The minimum absolute atomic E-state index is 0.187. The largest absolute Gasteiger partial charge is 0.497 e. The molecule has 0 aromatic heterocycles. The molecule has 2 aromatic rings. The number of benzene rings is 2. The van der Waals surface area contributed by atoms with Crippen molar-refractivity contribution in [2.45, 2.75) is 19.6 Å². The molecule has 0 heterocycles. The fourth-order valence-corrected chi connectivity index (χ4v) is 2.40. The number of rotatable bonds is 8. The molecular weight excluding hydrogens is 350 g/mol. The first kappa shape index (κ1) is 20.1. The Morgan fingerprint density at radius 2 is 1.67 bits per heavy atom. The van der Waals surface area contributed by atoms with Gasteiger partial charge in [-0.3, -0.25) is 4.79 Å². The van der Waals surface area contributed by atoms with Gasteiger partial charge in [0, 0.05) is 6.54 Å². The van der Waals surface area contributed by atoms with Crippen LogP contribution in [0, 0.1) is 0 Å². The number of hydrogen-bond acceptors (Lipinski definition) is 6. The molecule has 0 bridgehead atoms. The van der Waals surface area contributed by atoms with E-state index in [1.54, 1.807) is 37.4 Å². The maximum Gasteiger partial charge on any atom is 0.342 e. The van der Waals surface area contributed by atoms with E-state index in [-0.39, 0.29) is 11.3 Å². The summed E-state index contributed by atoms with van der Waals surface area (Å²) in [5.74, 6) is 0.331. The highest BCUT2D eigenvalue weighted by Crippen LogP contribution is 2.31. The van der Waals surface area contributed by atoms with Crippen LogP contribution in [0.25, 0.3) is 0 Å². The van der Waals surface area contributed by atoms with Gasteiger partial charge in [-0.1, -0.05) is 18.2 Å². The van der Waals surface area contributed by atoms with Crippen LogP contribution in [-0.2, 0) is 16.1 Å². The Bertz CT molecular complexity index is 788. The predicted molar refractivity (Wildman–Crippen MR) is 99.3 cm³/mol. The molecule has 2 aromatic carbocycles. The second kappa shape index (κ2) is 9.47. The number of carbonyl (C=O) groups is 2. The van der Waals surface area contributed by atoms with Crippen LogP contribution in [0.15, 0.2) is 42.5 Å². The topological polar surface area (TPSA) is 83.1 Å². The van der Waals surface area contributed by atoms with Gasteiger partial charge in [0.2, 0.25) is 0 Å². The first-order valence-electron chi connectivity index (χ1n) is 8.32. The Kier molecular flexibility index (Phi) is 7.05. The van der Waals surface area contributed by atoms with Crippen molar-refractivity contribution >= 4 is 11.9 Å². The molecule has 1 amide bonds. The minimum atomic E-state index is -0.966. The molecule has 27 heavy (non-hydrogen) atoms. The molecule has 2 rings (SSSR count). The van der Waals surface area contributed by atoms with E-state index in [0.717, 1.165) is 11.3 Å². The predicted octanol–water partition coefficient (Wildman–Crippen LogP) is 2.57. The van der Waals surface area contributed by atoms with Gasteiger partial charge in [0.25, 0.3) is 5.91 Å². The second-order valence-electron chi connectivity index (χ2n) is 5.65. The van der Waals surface area contributed by atoms with Crippen molar-refractivity contribution in [2.75, 3.05) is 21.3 Å². The maximum absolute atomic E-state index is 12.4. The van der Waals surface area contributed by atoms with E-state index >= 15 is 0 Å². The average molecular weight is 373 g/mol. The summed E-state index contributed by atoms with van der Waals surface area (Å²) in [6.07, 6.45) is -0.966. The average Bonchev–Trinajstić information content (AvgIpc) is 2.71. The molecular formula is C20H23NO6. The number of methoxy groups -OCH3 is 3. The fourth-order valence-electron chi connectivity index (χ4n) is 2.40. The van der Waals surface area contributed by atoms with E-state index in [9.17, 15) is 9.59 Å². The van der Waals surface area contributed by atoms with E-state index in [4.69, 9.17) is 18.9 Å².